The lowest BCUT2D eigenvalue weighted by Gasteiger charge is -2.08. The third-order valence-corrected chi connectivity index (χ3v) is 3.08. The molecule has 0 saturated heterocycles. The van der Waals surface area contributed by atoms with E-state index in [0.29, 0.717) is 19.5 Å². The third kappa shape index (κ3) is 7.30. The highest BCUT2D eigenvalue weighted by molar-refractivity contribution is 5.97. The molecule has 4 nitrogen and oxygen atoms in total. The predicted octanol–water partition coefficient (Wildman–Crippen LogP) is 2.51. The maximum atomic E-state index is 12.1. The van der Waals surface area contributed by atoms with Gasteiger partial charge in [0, 0.05) is 25.6 Å². The number of amides is 2. The molecule has 21 heavy (non-hydrogen) atoms. The molecule has 2 amide bonds. The fraction of sp³-hybridized carbons (Fsp3) is 0.412. The van der Waals surface area contributed by atoms with Gasteiger partial charge in [0.2, 0.25) is 11.8 Å². The molecule has 2 N–H and O–H groups in total. The molecule has 0 bridgehead atoms. The SMILES string of the molecule is CC/C(=C\c1ccccc1)C(=O)NCCCCNC(C)=O. The van der Waals surface area contributed by atoms with Crippen LogP contribution in [0, 0.1) is 0 Å². The Kier molecular flexibility index (Phi) is 7.87. The Balaban J connectivity index is 2.35. The van der Waals surface area contributed by atoms with Gasteiger partial charge < -0.3 is 10.6 Å². The number of carbonyl (C=O) groups is 2. The van der Waals surface area contributed by atoms with Gasteiger partial charge in [-0.2, -0.15) is 0 Å². The molecule has 0 aliphatic carbocycles. The molecule has 0 unspecified atom stereocenters. The van der Waals surface area contributed by atoms with E-state index < -0.39 is 0 Å². The normalized spacial score (nSPS) is 11.0. The van der Waals surface area contributed by atoms with E-state index in [9.17, 15) is 9.59 Å². The lowest BCUT2D eigenvalue weighted by molar-refractivity contribution is -0.119. The molecule has 4 heteroatoms. The highest BCUT2D eigenvalue weighted by Crippen LogP contribution is 2.09. The molecule has 0 aliphatic heterocycles. The van der Waals surface area contributed by atoms with Crippen molar-refractivity contribution in [3.8, 4) is 0 Å². The average molecular weight is 288 g/mol. The van der Waals surface area contributed by atoms with Crippen molar-refractivity contribution in [1.82, 2.24) is 10.6 Å². The number of carbonyl (C=O) groups excluding carboxylic acids is 2. The molecule has 1 aromatic carbocycles. The first-order chi connectivity index (χ1) is 10.1. The van der Waals surface area contributed by atoms with Crippen molar-refractivity contribution in [3.63, 3.8) is 0 Å². The summed E-state index contributed by atoms with van der Waals surface area (Å²) in [6.07, 6.45) is 4.34. The van der Waals surface area contributed by atoms with E-state index in [-0.39, 0.29) is 11.8 Å². The summed E-state index contributed by atoms with van der Waals surface area (Å²) in [4.78, 5) is 22.8. The van der Waals surface area contributed by atoms with Crippen molar-refractivity contribution >= 4 is 17.9 Å². The number of nitrogens with one attached hydrogen (secondary N) is 2. The maximum absolute atomic E-state index is 12.1. The Bertz CT molecular complexity index is 481. The summed E-state index contributed by atoms with van der Waals surface area (Å²) in [6, 6.07) is 9.84. The lowest BCUT2D eigenvalue weighted by atomic mass is 10.1. The first kappa shape index (κ1) is 17.0. The highest BCUT2D eigenvalue weighted by atomic mass is 16.2. The monoisotopic (exact) mass is 288 g/mol. The molecule has 0 spiro atoms. The number of hydrogen-bond acceptors (Lipinski definition) is 2. The van der Waals surface area contributed by atoms with E-state index in [1.165, 1.54) is 6.92 Å². The quantitative estimate of drug-likeness (QED) is 0.570. The Morgan fingerprint density at radius 1 is 1.05 bits per heavy atom. The van der Waals surface area contributed by atoms with Gasteiger partial charge in [0.1, 0.15) is 0 Å². The first-order valence-corrected chi connectivity index (χ1v) is 7.41. The summed E-state index contributed by atoms with van der Waals surface area (Å²) in [5.41, 5.74) is 1.82. The summed E-state index contributed by atoms with van der Waals surface area (Å²) < 4.78 is 0. The second-order valence-electron chi connectivity index (χ2n) is 4.88. The second-order valence-corrected chi connectivity index (χ2v) is 4.88. The van der Waals surface area contributed by atoms with Gasteiger partial charge >= 0.3 is 0 Å². The molecule has 0 aromatic heterocycles. The van der Waals surface area contributed by atoms with Crippen molar-refractivity contribution in [2.45, 2.75) is 33.1 Å². The number of benzene rings is 1. The van der Waals surface area contributed by atoms with Crippen LogP contribution in [0.25, 0.3) is 6.08 Å². The number of rotatable bonds is 8. The van der Waals surface area contributed by atoms with Crippen LogP contribution in [0.2, 0.25) is 0 Å². The Labute approximate surface area is 126 Å². The number of unbranched alkanes of at least 4 members (excludes halogenated alkanes) is 1. The summed E-state index contributed by atoms with van der Waals surface area (Å²) in [6.45, 7) is 4.77. The van der Waals surface area contributed by atoms with Crippen molar-refractivity contribution in [1.29, 1.82) is 0 Å². The van der Waals surface area contributed by atoms with Crippen molar-refractivity contribution in [3.05, 3.63) is 41.5 Å². The van der Waals surface area contributed by atoms with Crippen LogP contribution in [0.3, 0.4) is 0 Å². The predicted molar refractivity (Wildman–Crippen MR) is 85.6 cm³/mol. The topological polar surface area (TPSA) is 58.2 Å². The van der Waals surface area contributed by atoms with Crippen molar-refractivity contribution in [2.24, 2.45) is 0 Å². The second kappa shape index (κ2) is 9.75. The molecule has 0 atom stereocenters. The van der Waals surface area contributed by atoms with Crippen LogP contribution in [-0.2, 0) is 9.59 Å². The molecule has 1 rings (SSSR count). The van der Waals surface area contributed by atoms with Gasteiger partial charge in [-0.15, -0.1) is 0 Å². The summed E-state index contributed by atoms with van der Waals surface area (Å²) in [5, 5.41) is 5.66. The van der Waals surface area contributed by atoms with Gasteiger partial charge in [-0.05, 0) is 30.9 Å². The molecule has 0 saturated carbocycles. The molecular formula is C17H24N2O2. The van der Waals surface area contributed by atoms with E-state index in [1.807, 2.05) is 43.3 Å². The molecule has 0 fully saturated rings. The van der Waals surface area contributed by atoms with Gasteiger partial charge in [0.05, 0.1) is 0 Å². The van der Waals surface area contributed by atoms with Crippen LogP contribution in [0.4, 0.5) is 0 Å². The van der Waals surface area contributed by atoms with Gasteiger partial charge in [-0.25, -0.2) is 0 Å². The highest BCUT2D eigenvalue weighted by Gasteiger charge is 2.06. The Morgan fingerprint density at radius 3 is 2.24 bits per heavy atom. The molecule has 1 aromatic rings. The zero-order valence-corrected chi connectivity index (χ0v) is 12.8. The maximum Gasteiger partial charge on any atom is 0.247 e. The average Bonchev–Trinajstić information content (AvgIpc) is 2.48. The van der Waals surface area contributed by atoms with Crippen LogP contribution in [0.5, 0.6) is 0 Å². The van der Waals surface area contributed by atoms with Gasteiger partial charge in [0.25, 0.3) is 0 Å². The van der Waals surface area contributed by atoms with Crippen LogP contribution in [0.15, 0.2) is 35.9 Å². The summed E-state index contributed by atoms with van der Waals surface area (Å²) >= 11 is 0. The summed E-state index contributed by atoms with van der Waals surface area (Å²) in [5.74, 6) is -0.0287. The largest absolute Gasteiger partial charge is 0.356 e. The van der Waals surface area contributed by atoms with Crippen LogP contribution < -0.4 is 10.6 Å². The lowest BCUT2D eigenvalue weighted by Crippen LogP contribution is -2.27. The molecule has 0 heterocycles. The van der Waals surface area contributed by atoms with Gasteiger partial charge in [0.15, 0.2) is 0 Å². The Hall–Kier alpha value is -2.10. The van der Waals surface area contributed by atoms with Crippen LogP contribution in [0.1, 0.15) is 38.7 Å². The zero-order valence-electron chi connectivity index (χ0n) is 12.8. The molecule has 114 valence electrons. The van der Waals surface area contributed by atoms with Crippen LogP contribution in [-0.4, -0.2) is 24.9 Å². The van der Waals surface area contributed by atoms with Crippen LogP contribution >= 0.6 is 0 Å². The zero-order chi connectivity index (χ0) is 15.5. The van der Waals surface area contributed by atoms with E-state index in [4.69, 9.17) is 0 Å². The third-order valence-electron chi connectivity index (χ3n) is 3.08. The van der Waals surface area contributed by atoms with E-state index in [1.54, 1.807) is 0 Å². The van der Waals surface area contributed by atoms with Crippen molar-refractivity contribution < 1.29 is 9.59 Å². The molecule has 0 radical (unpaired) electrons. The van der Waals surface area contributed by atoms with E-state index >= 15 is 0 Å². The molecule has 0 aliphatic rings. The van der Waals surface area contributed by atoms with E-state index in [2.05, 4.69) is 10.6 Å². The minimum absolute atomic E-state index is 0.0131. The summed E-state index contributed by atoms with van der Waals surface area (Å²) in [7, 11) is 0. The van der Waals surface area contributed by atoms with Gasteiger partial charge in [-0.3, -0.25) is 9.59 Å². The smallest absolute Gasteiger partial charge is 0.247 e. The Morgan fingerprint density at radius 2 is 1.67 bits per heavy atom. The standard InChI is InChI=1S/C17H24N2O2/c1-3-16(13-15-9-5-4-6-10-15)17(21)19-12-8-7-11-18-14(2)20/h4-6,9-10,13H,3,7-8,11-12H2,1-2H3,(H,18,20)(H,19,21)/b16-13+. The van der Waals surface area contributed by atoms with Gasteiger partial charge in [-0.1, -0.05) is 37.3 Å². The van der Waals surface area contributed by atoms with E-state index in [0.717, 1.165) is 24.0 Å². The fourth-order valence-electron chi connectivity index (χ4n) is 1.91. The fourth-order valence-corrected chi connectivity index (χ4v) is 1.91. The first-order valence-electron chi connectivity index (χ1n) is 7.41. The molecular weight excluding hydrogens is 264 g/mol. The van der Waals surface area contributed by atoms with Crippen molar-refractivity contribution in [2.75, 3.05) is 13.1 Å². The minimum atomic E-state index is -0.0156. The minimum Gasteiger partial charge on any atom is -0.356 e. The number of hydrogen-bond donors (Lipinski definition) is 2.